The molecule has 1 aliphatic heterocycles. The molecule has 4 nitrogen and oxygen atoms in total. The Labute approximate surface area is 89.1 Å². The summed E-state index contributed by atoms with van der Waals surface area (Å²) in [4.78, 5) is 8.42. The highest BCUT2D eigenvalue weighted by Gasteiger charge is 2.26. The van der Waals surface area contributed by atoms with Gasteiger partial charge in [-0.25, -0.2) is 9.97 Å². The van der Waals surface area contributed by atoms with E-state index in [1.165, 1.54) is 12.8 Å². The second-order valence-electron chi connectivity index (χ2n) is 4.29. The fraction of sp³-hybridized carbons (Fsp3) is 0.636. The molecular formula is C11H15N3O. The third-order valence-electron chi connectivity index (χ3n) is 2.96. The fourth-order valence-corrected chi connectivity index (χ4v) is 1.92. The molecule has 1 saturated carbocycles. The summed E-state index contributed by atoms with van der Waals surface area (Å²) >= 11 is 0. The van der Waals surface area contributed by atoms with E-state index in [-0.39, 0.29) is 6.10 Å². The Bertz CT molecular complexity index is 345. The summed E-state index contributed by atoms with van der Waals surface area (Å²) in [5.74, 6) is 1.40. The second kappa shape index (κ2) is 3.77. The quantitative estimate of drug-likeness (QED) is 0.802. The zero-order valence-corrected chi connectivity index (χ0v) is 8.65. The van der Waals surface area contributed by atoms with Crippen LogP contribution in [-0.2, 0) is 0 Å². The number of hydrogen-bond donors (Lipinski definition) is 1. The van der Waals surface area contributed by atoms with Crippen molar-refractivity contribution in [3.63, 3.8) is 0 Å². The molecule has 1 saturated heterocycles. The van der Waals surface area contributed by atoms with Gasteiger partial charge >= 0.3 is 0 Å². The fourth-order valence-electron chi connectivity index (χ4n) is 1.92. The zero-order chi connectivity index (χ0) is 10.1. The molecule has 0 bridgehead atoms. The summed E-state index contributed by atoms with van der Waals surface area (Å²) in [7, 11) is 0. The van der Waals surface area contributed by atoms with Crippen molar-refractivity contribution >= 4 is 0 Å². The van der Waals surface area contributed by atoms with Crippen LogP contribution in [0.3, 0.4) is 0 Å². The lowest BCUT2D eigenvalue weighted by Crippen LogP contribution is -2.20. The van der Waals surface area contributed by atoms with Crippen LogP contribution in [0.2, 0.25) is 0 Å². The smallest absolute Gasteiger partial charge is 0.216 e. The maximum atomic E-state index is 5.78. The van der Waals surface area contributed by atoms with Gasteiger partial charge in [0.15, 0.2) is 0 Å². The van der Waals surface area contributed by atoms with Crippen molar-refractivity contribution in [2.75, 3.05) is 13.1 Å². The highest BCUT2D eigenvalue weighted by molar-refractivity contribution is 5.20. The molecule has 15 heavy (non-hydrogen) atoms. The predicted molar refractivity (Wildman–Crippen MR) is 55.9 cm³/mol. The molecule has 2 aliphatic rings. The first-order valence-corrected chi connectivity index (χ1v) is 5.61. The number of rotatable bonds is 3. The van der Waals surface area contributed by atoms with Gasteiger partial charge in [-0.2, -0.15) is 0 Å². The molecule has 2 fully saturated rings. The SMILES string of the molecule is c1nc(OC2CCNC2)cc(C2CC2)n1. The second-order valence-corrected chi connectivity index (χ2v) is 4.29. The Morgan fingerprint density at radius 2 is 2.20 bits per heavy atom. The van der Waals surface area contributed by atoms with E-state index in [0.29, 0.717) is 5.92 Å². The molecule has 0 spiro atoms. The van der Waals surface area contributed by atoms with Crippen LogP contribution in [0.15, 0.2) is 12.4 Å². The molecule has 1 N–H and O–H groups in total. The van der Waals surface area contributed by atoms with Crippen molar-refractivity contribution < 1.29 is 4.74 Å². The standard InChI is InChI=1S/C11H15N3O/c1-2-8(1)10-5-11(14-7-13-10)15-9-3-4-12-6-9/h5,7-9,12H,1-4,6H2. The van der Waals surface area contributed by atoms with Crippen LogP contribution in [0.1, 0.15) is 30.9 Å². The van der Waals surface area contributed by atoms with Crippen LogP contribution in [-0.4, -0.2) is 29.2 Å². The van der Waals surface area contributed by atoms with Gasteiger partial charge in [0.25, 0.3) is 0 Å². The van der Waals surface area contributed by atoms with E-state index in [1.807, 2.05) is 6.07 Å². The Morgan fingerprint density at radius 1 is 1.27 bits per heavy atom. The molecule has 1 aromatic heterocycles. The molecule has 1 unspecified atom stereocenters. The minimum absolute atomic E-state index is 0.284. The Balaban J connectivity index is 1.70. The van der Waals surface area contributed by atoms with Crippen molar-refractivity contribution in [2.24, 2.45) is 0 Å². The van der Waals surface area contributed by atoms with Crippen LogP contribution >= 0.6 is 0 Å². The number of nitrogens with zero attached hydrogens (tertiary/aromatic N) is 2. The number of aromatic nitrogens is 2. The average molecular weight is 205 g/mol. The van der Waals surface area contributed by atoms with Crippen molar-refractivity contribution in [1.29, 1.82) is 0 Å². The van der Waals surface area contributed by atoms with Gasteiger partial charge in [-0.15, -0.1) is 0 Å². The molecule has 0 aromatic carbocycles. The molecule has 4 heteroatoms. The third kappa shape index (κ3) is 2.09. The molecular weight excluding hydrogens is 190 g/mol. The van der Waals surface area contributed by atoms with Gasteiger partial charge < -0.3 is 10.1 Å². The highest BCUT2D eigenvalue weighted by Crippen LogP contribution is 2.39. The minimum Gasteiger partial charge on any atom is -0.473 e. The van der Waals surface area contributed by atoms with Gasteiger partial charge in [-0.3, -0.25) is 0 Å². The number of hydrogen-bond acceptors (Lipinski definition) is 4. The number of ether oxygens (including phenoxy) is 1. The highest BCUT2D eigenvalue weighted by atomic mass is 16.5. The topological polar surface area (TPSA) is 47.0 Å². The molecule has 0 amide bonds. The Morgan fingerprint density at radius 3 is 2.93 bits per heavy atom. The van der Waals surface area contributed by atoms with Gasteiger partial charge in [0.1, 0.15) is 12.4 Å². The van der Waals surface area contributed by atoms with Crippen molar-refractivity contribution in [1.82, 2.24) is 15.3 Å². The van der Waals surface area contributed by atoms with Crippen LogP contribution in [0.25, 0.3) is 0 Å². The van der Waals surface area contributed by atoms with Gasteiger partial charge in [0.2, 0.25) is 5.88 Å². The van der Waals surface area contributed by atoms with Crippen molar-refractivity contribution in [3.05, 3.63) is 18.1 Å². The van der Waals surface area contributed by atoms with Crippen molar-refractivity contribution in [2.45, 2.75) is 31.3 Å². The normalized spacial score (nSPS) is 25.5. The van der Waals surface area contributed by atoms with Gasteiger partial charge in [0.05, 0.1) is 5.69 Å². The summed E-state index contributed by atoms with van der Waals surface area (Å²) in [5.41, 5.74) is 1.14. The number of nitrogens with one attached hydrogen (secondary N) is 1. The van der Waals surface area contributed by atoms with E-state index in [0.717, 1.165) is 31.1 Å². The first-order chi connectivity index (χ1) is 7.42. The largest absolute Gasteiger partial charge is 0.473 e. The third-order valence-corrected chi connectivity index (χ3v) is 2.96. The van der Waals surface area contributed by atoms with Gasteiger partial charge in [0, 0.05) is 18.5 Å². The molecule has 3 rings (SSSR count). The van der Waals surface area contributed by atoms with Crippen LogP contribution in [0.5, 0.6) is 5.88 Å². The summed E-state index contributed by atoms with van der Waals surface area (Å²) in [6.07, 6.45) is 5.50. The first kappa shape index (κ1) is 9.09. The van der Waals surface area contributed by atoms with Gasteiger partial charge in [-0.05, 0) is 25.8 Å². The van der Waals surface area contributed by atoms with E-state index >= 15 is 0 Å². The van der Waals surface area contributed by atoms with E-state index in [1.54, 1.807) is 6.33 Å². The maximum Gasteiger partial charge on any atom is 0.216 e. The molecule has 1 atom stereocenters. The lowest BCUT2D eigenvalue weighted by atomic mass is 10.3. The summed E-state index contributed by atoms with van der Waals surface area (Å²) in [6, 6.07) is 2.00. The predicted octanol–water partition coefficient (Wildman–Crippen LogP) is 1.09. The lowest BCUT2D eigenvalue weighted by Gasteiger charge is -2.11. The van der Waals surface area contributed by atoms with Gasteiger partial charge in [-0.1, -0.05) is 0 Å². The first-order valence-electron chi connectivity index (χ1n) is 5.61. The summed E-state index contributed by atoms with van der Waals surface area (Å²) < 4.78 is 5.78. The Kier molecular flexibility index (Phi) is 2.29. The molecule has 1 aliphatic carbocycles. The zero-order valence-electron chi connectivity index (χ0n) is 8.65. The molecule has 0 radical (unpaired) electrons. The van der Waals surface area contributed by atoms with Crippen LogP contribution in [0.4, 0.5) is 0 Å². The molecule has 1 aromatic rings. The Hall–Kier alpha value is -1.16. The molecule has 2 heterocycles. The maximum absolute atomic E-state index is 5.78. The minimum atomic E-state index is 0.284. The van der Waals surface area contributed by atoms with Crippen LogP contribution in [0, 0.1) is 0 Å². The summed E-state index contributed by atoms with van der Waals surface area (Å²) in [5, 5.41) is 3.27. The van der Waals surface area contributed by atoms with Crippen LogP contribution < -0.4 is 10.1 Å². The monoisotopic (exact) mass is 205 g/mol. The van der Waals surface area contributed by atoms with E-state index in [9.17, 15) is 0 Å². The molecule has 80 valence electrons. The average Bonchev–Trinajstić information content (AvgIpc) is 3.00. The van der Waals surface area contributed by atoms with Crippen molar-refractivity contribution in [3.8, 4) is 5.88 Å². The van der Waals surface area contributed by atoms with E-state index in [4.69, 9.17) is 4.74 Å². The summed E-state index contributed by atoms with van der Waals surface area (Å²) in [6.45, 7) is 1.98. The van der Waals surface area contributed by atoms with E-state index < -0.39 is 0 Å². The lowest BCUT2D eigenvalue weighted by molar-refractivity contribution is 0.213. The van der Waals surface area contributed by atoms with E-state index in [2.05, 4.69) is 15.3 Å².